The molecule has 2 rings (SSSR count). The molecule has 1 aromatic rings. The molecule has 0 aromatic carbocycles. The lowest BCUT2D eigenvalue weighted by Crippen LogP contribution is -2.40. The maximum atomic E-state index is 10.5. The highest BCUT2D eigenvalue weighted by Crippen LogP contribution is 2.28. The smallest absolute Gasteiger partial charge is 0.191 e. The van der Waals surface area contributed by atoms with Crippen molar-refractivity contribution >= 4 is 17.3 Å². The molecule has 1 heterocycles. The zero-order chi connectivity index (χ0) is 15.8. The number of ether oxygens (including phenoxy) is 1. The summed E-state index contributed by atoms with van der Waals surface area (Å²) in [5.41, 5.74) is -0.0324. The van der Waals surface area contributed by atoms with Crippen LogP contribution in [-0.4, -0.2) is 43.9 Å². The highest BCUT2D eigenvalue weighted by Gasteiger charge is 2.23. The van der Waals surface area contributed by atoms with Crippen LogP contribution in [0.1, 0.15) is 32.3 Å². The van der Waals surface area contributed by atoms with E-state index in [1.807, 2.05) is 23.8 Å². The molecule has 1 atom stereocenters. The summed E-state index contributed by atoms with van der Waals surface area (Å²) in [5, 5.41) is 20.8. The molecule has 0 amide bonds. The van der Waals surface area contributed by atoms with Gasteiger partial charge in [-0.1, -0.05) is 0 Å². The van der Waals surface area contributed by atoms with Crippen molar-refractivity contribution in [3.8, 4) is 0 Å². The molecule has 1 fully saturated rings. The molecule has 1 aliphatic rings. The summed E-state index contributed by atoms with van der Waals surface area (Å²) in [5.74, 6) is 1.51. The Kier molecular flexibility index (Phi) is 6.67. The topological polar surface area (TPSA) is 65.9 Å². The fraction of sp³-hybridized carbons (Fsp3) is 0.688. The van der Waals surface area contributed by atoms with Crippen LogP contribution in [0.4, 0.5) is 0 Å². The third kappa shape index (κ3) is 5.94. The van der Waals surface area contributed by atoms with Crippen molar-refractivity contribution in [2.24, 2.45) is 10.9 Å². The van der Waals surface area contributed by atoms with E-state index in [1.54, 1.807) is 18.3 Å². The Morgan fingerprint density at radius 2 is 2.32 bits per heavy atom. The molecule has 0 spiro atoms. The van der Waals surface area contributed by atoms with Crippen LogP contribution in [-0.2, 0) is 10.3 Å². The number of hydrogen-bond acceptors (Lipinski definition) is 4. The summed E-state index contributed by atoms with van der Waals surface area (Å²) < 4.78 is 5.60. The van der Waals surface area contributed by atoms with E-state index in [1.165, 1.54) is 12.8 Å². The molecule has 124 valence electrons. The number of aliphatic imine (C=N–C) groups is 1. The molecule has 6 heteroatoms. The molecule has 1 unspecified atom stereocenters. The normalized spacial score (nSPS) is 18.0. The van der Waals surface area contributed by atoms with Crippen LogP contribution in [0.3, 0.4) is 0 Å². The van der Waals surface area contributed by atoms with Gasteiger partial charge in [0.05, 0.1) is 13.2 Å². The van der Waals surface area contributed by atoms with Crippen molar-refractivity contribution in [3.05, 3.63) is 22.4 Å². The van der Waals surface area contributed by atoms with Gasteiger partial charge in [0.2, 0.25) is 0 Å². The Morgan fingerprint density at radius 1 is 1.50 bits per heavy atom. The van der Waals surface area contributed by atoms with E-state index < -0.39 is 5.60 Å². The van der Waals surface area contributed by atoms with Crippen LogP contribution in [0, 0.1) is 5.92 Å². The largest absolute Gasteiger partial charge is 0.383 e. The molecule has 3 N–H and O–H groups in total. The first kappa shape index (κ1) is 17.2. The molecule has 0 aliphatic heterocycles. The van der Waals surface area contributed by atoms with E-state index in [0.29, 0.717) is 19.1 Å². The summed E-state index contributed by atoms with van der Waals surface area (Å²) >= 11 is 1.58. The Balaban J connectivity index is 1.75. The van der Waals surface area contributed by atoms with Crippen molar-refractivity contribution in [2.75, 3.05) is 32.8 Å². The van der Waals surface area contributed by atoms with Crippen LogP contribution in [0.5, 0.6) is 0 Å². The van der Waals surface area contributed by atoms with Gasteiger partial charge in [-0.3, -0.25) is 0 Å². The second-order valence-corrected chi connectivity index (χ2v) is 6.71. The summed E-state index contributed by atoms with van der Waals surface area (Å²) in [4.78, 5) is 4.48. The molecule has 1 aromatic heterocycles. The molecule has 0 radical (unpaired) electrons. The van der Waals surface area contributed by atoms with Gasteiger partial charge in [0.25, 0.3) is 0 Å². The Morgan fingerprint density at radius 3 is 2.95 bits per heavy atom. The average Bonchev–Trinajstić information content (AvgIpc) is 3.14. The fourth-order valence-corrected chi connectivity index (χ4v) is 2.80. The predicted octanol–water partition coefficient (Wildman–Crippen LogP) is 1.94. The summed E-state index contributed by atoms with van der Waals surface area (Å²) in [6, 6.07) is 1.94. The number of nitrogens with zero attached hydrogens (tertiary/aromatic N) is 1. The quantitative estimate of drug-likeness (QED) is 0.369. The van der Waals surface area contributed by atoms with Crippen molar-refractivity contribution in [2.45, 2.75) is 32.3 Å². The van der Waals surface area contributed by atoms with Gasteiger partial charge in [-0.25, -0.2) is 4.99 Å². The van der Waals surface area contributed by atoms with E-state index in [4.69, 9.17) is 4.74 Å². The van der Waals surface area contributed by atoms with E-state index in [0.717, 1.165) is 31.2 Å². The number of nitrogens with one attached hydrogen (secondary N) is 2. The van der Waals surface area contributed by atoms with Gasteiger partial charge in [-0.15, -0.1) is 0 Å². The Bertz CT molecular complexity index is 456. The average molecular weight is 325 g/mol. The van der Waals surface area contributed by atoms with Crippen LogP contribution < -0.4 is 10.6 Å². The van der Waals surface area contributed by atoms with E-state index in [9.17, 15) is 5.11 Å². The van der Waals surface area contributed by atoms with E-state index >= 15 is 0 Å². The minimum absolute atomic E-state index is 0.321. The molecular weight excluding hydrogens is 298 g/mol. The SMILES string of the molecule is CCNC(=NCC(C)(O)c1ccsc1)NCCOCC1CC1. The van der Waals surface area contributed by atoms with Crippen molar-refractivity contribution < 1.29 is 9.84 Å². The van der Waals surface area contributed by atoms with E-state index in [-0.39, 0.29) is 0 Å². The number of guanidine groups is 1. The predicted molar refractivity (Wildman–Crippen MR) is 91.4 cm³/mol. The van der Waals surface area contributed by atoms with Crippen LogP contribution in [0.15, 0.2) is 21.8 Å². The second-order valence-electron chi connectivity index (χ2n) is 5.93. The maximum Gasteiger partial charge on any atom is 0.191 e. The van der Waals surface area contributed by atoms with E-state index in [2.05, 4.69) is 15.6 Å². The molecule has 0 saturated heterocycles. The molecule has 1 aliphatic carbocycles. The first-order valence-electron chi connectivity index (χ1n) is 7.97. The molecule has 22 heavy (non-hydrogen) atoms. The van der Waals surface area contributed by atoms with Gasteiger partial charge in [0, 0.05) is 19.7 Å². The summed E-state index contributed by atoms with van der Waals surface area (Å²) in [7, 11) is 0. The highest BCUT2D eigenvalue weighted by atomic mass is 32.1. The first-order valence-corrected chi connectivity index (χ1v) is 8.91. The number of thiophene rings is 1. The van der Waals surface area contributed by atoms with Crippen molar-refractivity contribution in [1.29, 1.82) is 0 Å². The highest BCUT2D eigenvalue weighted by molar-refractivity contribution is 7.08. The first-order chi connectivity index (χ1) is 10.6. The standard InChI is InChI=1S/C16H27N3O2S/c1-3-17-15(18-7-8-21-10-13-4-5-13)19-12-16(2,20)14-6-9-22-11-14/h6,9,11,13,20H,3-5,7-8,10,12H2,1-2H3,(H2,17,18,19). The fourth-order valence-electron chi connectivity index (χ4n) is 2.01. The zero-order valence-electron chi connectivity index (χ0n) is 13.5. The van der Waals surface area contributed by atoms with Gasteiger partial charge in [0.1, 0.15) is 5.60 Å². The van der Waals surface area contributed by atoms with Gasteiger partial charge >= 0.3 is 0 Å². The lowest BCUT2D eigenvalue weighted by atomic mass is 10.00. The van der Waals surface area contributed by atoms with Crippen LogP contribution in [0.2, 0.25) is 0 Å². The van der Waals surface area contributed by atoms with Gasteiger partial charge in [-0.05, 0) is 55.0 Å². The van der Waals surface area contributed by atoms with Crippen molar-refractivity contribution in [3.63, 3.8) is 0 Å². The molecular formula is C16H27N3O2S. The zero-order valence-corrected chi connectivity index (χ0v) is 14.3. The molecule has 5 nitrogen and oxygen atoms in total. The summed E-state index contributed by atoms with van der Waals surface area (Å²) in [6.07, 6.45) is 2.63. The Hall–Kier alpha value is -1.11. The second kappa shape index (κ2) is 8.50. The molecule has 1 saturated carbocycles. The lowest BCUT2D eigenvalue weighted by molar-refractivity contribution is 0.0677. The monoisotopic (exact) mass is 325 g/mol. The third-order valence-electron chi connectivity index (χ3n) is 3.62. The van der Waals surface area contributed by atoms with Gasteiger partial charge in [0.15, 0.2) is 5.96 Å². The van der Waals surface area contributed by atoms with Crippen LogP contribution >= 0.6 is 11.3 Å². The number of rotatable bonds is 9. The van der Waals surface area contributed by atoms with Gasteiger partial charge in [-0.2, -0.15) is 11.3 Å². The minimum Gasteiger partial charge on any atom is -0.383 e. The maximum absolute atomic E-state index is 10.5. The van der Waals surface area contributed by atoms with Crippen LogP contribution in [0.25, 0.3) is 0 Å². The summed E-state index contributed by atoms with van der Waals surface area (Å²) in [6.45, 7) is 7.21. The van der Waals surface area contributed by atoms with Gasteiger partial charge < -0.3 is 20.5 Å². The Labute approximate surface area is 136 Å². The number of hydrogen-bond donors (Lipinski definition) is 3. The lowest BCUT2D eigenvalue weighted by Gasteiger charge is -2.21. The minimum atomic E-state index is -0.940. The molecule has 0 bridgehead atoms. The number of aliphatic hydroxyl groups is 1. The van der Waals surface area contributed by atoms with Crippen molar-refractivity contribution in [1.82, 2.24) is 10.6 Å². The third-order valence-corrected chi connectivity index (χ3v) is 4.30.